The summed E-state index contributed by atoms with van der Waals surface area (Å²) in [5.41, 5.74) is 0. The molecule has 1 aliphatic heterocycles. The molecule has 4 heteroatoms. The van der Waals surface area contributed by atoms with Crippen molar-refractivity contribution in [3.63, 3.8) is 0 Å². The smallest absolute Gasteiger partial charge is 0.0902 e. The molecule has 1 aliphatic rings. The first-order valence-electron chi connectivity index (χ1n) is 4.49. The first kappa shape index (κ1) is 9.77. The van der Waals surface area contributed by atoms with Crippen molar-refractivity contribution in [3.8, 4) is 0 Å². The van der Waals surface area contributed by atoms with Crippen LogP contribution < -0.4 is 0 Å². The number of hydrogen-bond acceptors (Lipinski definition) is 3. The van der Waals surface area contributed by atoms with Crippen molar-refractivity contribution in [3.05, 3.63) is 29.6 Å². The summed E-state index contributed by atoms with van der Waals surface area (Å²) in [6, 6.07) is 3.67. The van der Waals surface area contributed by atoms with Gasteiger partial charge in [-0.3, -0.25) is 5.01 Å². The molecule has 1 saturated heterocycles. The molecule has 1 aromatic heterocycles. The standard InChI is InChI=1S/C5H10N2O.C4H4O/c8-6-7-4-2-1-3-5-7;1-2-4-5-3-1/h1-5H2;1-4H. The van der Waals surface area contributed by atoms with Gasteiger partial charge >= 0.3 is 0 Å². The van der Waals surface area contributed by atoms with Crippen molar-refractivity contribution >= 4 is 0 Å². The molecule has 0 radical (unpaired) electrons. The van der Waals surface area contributed by atoms with E-state index < -0.39 is 0 Å². The summed E-state index contributed by atoms with van der Waals surface area (Å²) in [6.45, 7) is 1.73. The van der Waals surface area contributed by atoms with Crippen LogP contribution >= 0.6 is 0 Å². The van der Waals surface area contributed by atoms with Crippen LogP contribution in [-0.4, -0.2) is 18.1 Å². The molecule has 0 bridgehead atoms. The van der Waals surface area contributed by atoms with Crippen LogP contribution in [0.5, 0.6) is 0 Å². The second-order valence-electron chi connectivity index (χ2n) is 2.89. The van der Waals surface area contributed by atoms with E-state index in [9.17, 15) is 4.91 Å². The maximum Gasteiger partial charge on any atom is 0.0902 e. The first-order valence-corrected chi connectivity index (χ1v) is 4.49. The molecule has 1 fully saturated rings. The van der Waals surface area contributed by atoms with E-state index in [4.69, 9.17) is 0 Å². The van der Waals surface area contributed by atoms with E-state index in [1.807, 2.05) is 12.1 Å². The Morgan fingerprint density at radius 1 is 1.08 bits per heavy atom. The molecular weight excluding hydrogens is 168 g/mol. The molecule has 0 aliphatic carbocycles. The number of furan rings is 1. The molecule has 4 nitrogen and oxygen atoms in total. The van der Waals surface area contributed by atoms with E-state index in [-0.39, 0.29) is 0 Å². The zero-order valence-electron chi connectivity index (χ0n) is 7.56. The summed E-state index contributed by atoms with van der Waals surface area (Å²) in [6.07, 6.45) is 6.77. The van der Waals surface area contributed by atoms with E-state index >= 15 is 0 Å². The molecule has 0 saturated carbocycles. The van der Waals surface area contributed by atoms with Gasteiger partial charge < -0.3 is 4.42 Å². The molecule has 0 unspecified atom stereocenters. The Balaban J connectivity index is 0.000000145. The third-order valence-corrected chi connectivity index (χ3v) is 1.87. The first-order chi connectivity index (χ1) is 6.43. The highest BCUT2D eigenvalue weighted by Crippen LogP contribution is 2.07. The minimum absolute atomic E-state index is 0.865. The predicted molar refractivity (Wildman–Crippen MR) is 49.9 cm³/mol. The van der Waals surface area contributed by atoms with Gasteiger partial charge in [0.2, 0.25) is 0 Å². The lowest BCUT2D eigenvalue weighted by atomic mass is 10.2. The van der Waals surface area contributed by atoms with Crippen LogP contribution in [0.3, 0.4) is 0 Å². The predicted octanol–water partition coefficient (Wildman–Crippen LogP) is 2.43. The number of nitroso groups, excluding NO2 is 1. The van der Waals surface area contributed by atoms with Crippen LogP contribution in [0.25, 0.3) is 0 Å². The third-order valence-electron chi connectivity index (χ3n) is 1.87. The second kappa shape index (κ2) is 6.22. The van der Waals surface area contributed by atoms with E-state index in [0.717, 1.165) is 25.9 Å². The molecule has 2 heterocycles. The Morgan fingerprint density at radius 2 is 1.69 bits per heavy atom. The lowest BCUT2D eigenvalue weighted by Crippen LogP contribution is -2.23. The van der Waals surface area contributed by atoms with Crippen LogP contribution in [0.2, 0.25) is 0 Å². The molecule has 72 valence electrons. The summed E-state index contributed by atoms with van der Waals surface area (Å²) in [4.78, 5) is 9.84. The Labute approximate surface area is 77.5 Å². The van der Waals surface area contributed by atoms with Crippen LogP contribution in [0, 0.1) is 4.91 Å². The normalized spacial score (nSPS) is 15.8. The second-order valence-corrected chi connectivity index (χ2v) is 2.89. The summed E-state index contributed by atoms with van der Waals surface area (Å²) < 4.78 is 4.58. The average molecular weight is 182 g/mol. The highest BCUT2D eigenvalue weighted by atomic mass is 16.3. The zero-order valence-corrected chi connectivity index (χ0v) is 7.56. The maximum absolute atomic E-state index is 9.84. The van der Waals surface area contributed by atoms with Gasteiger partial charge in [0.05, 0.1) is 17.8 Å². The van der Waals surface area contributed by atoms with Crippen molar-refractivity contribution < 1.29 is 4.42 Å². The van der Waals surface area contributed by atoms with Gasteiger partial charge in [-0.2, -0.15) is 0 Å². The van der Waals surface area contributed by atoms with Gasteiger partial charge in [-0.05, 0) is 31.4 Å². The highest BCUT2D eigenvalue weighted by Gasteiger charge is 2.06. The fourth-order valence-electron chi connectivity index (χ4n) is 1.19. The van der Waals surface area contributed by atoms with Crippen molar-refractivity contribution in [1.29, 1.82) is 0 Å². The van der Waals surface area contributed by atoms with E-state index in [1.54, 1.807) is 17.5 Å². The fraction of sp³-hybridized carbons (Fsp3) is 0.556. The van der Waals surface area contributed by atoms with E-state index in [2.05, 4.69) is 9.70 Å². The number of hydrogen-bond donors (Lipinski definition) is 0. The summed E-state index contributed by atoms with van der Waals surface area (Å²) in [5, 5.41) is 4.42. The minimum atomic E-state index is 0.865. The molecule has 0 N–H and O–H groups in total. The van der Waals surface area contributed by atoms with E-state index in [1.165, 1.54) is 6.42 Å². The summed E-state index contributed by atoms with van der Waals surface area (Å²) >= 11 is 0. The Morgan fingerprint density at radius 3 is 2.00 bits per heavy atom. The topological polar surface area (TPSA) is 45.8 Å². The number of rotatable bonds is 1. The number of piperidine rings is 1. The molecule has 2 rings (SSSR count). The Kier molecular flexibility index (Phi) is 4.68. The highest BCUT2D eigenvalue weighted by molar-refractivity contribution is 4.79. The quantitative estimate of drug-likeness (QED) is 0.626. The summed E-state index contributed by atoms with van der Waals surface area (Å²) in [7, 11) is 0. The monoisotopic (exact) mass is 182 g/mol. The zero-order chi connectivity index (χ0) is 9.36. The number of nitrogens with zero attached hydrogens (tertiary/aromatic N) is 2. The lowest BCUT2D eigenvalue weighted by molar-refractivity contribution is 0.236. The minimum Gasteiger partial charge on any atom is -0.473 e. The van der Waals surface area contributed by atoms with Gasteiger partial charge in [0, 0.05) is 13.1 Å². The molecule has 0 spiro atoms. The van der Waals surface area contributed by atoms with Crippen molar-refractivity contribution in [2.24, 2.45) is 5.29 Å². The van der Waals surface area contributed by atoms with Crippen LogP contribution in [0.15, 0.2) is 34.4 Å². The third kappa shape index (κ3) is 4.30. The molecule has 0 atom stereocenters. The summed E-state index contributed by atoms with van der Waals surface area (Å²) in [5.74, 6) is 0. The molecule has 0 aromatic carbocycles. The molecular formula is C9H14N2O2. The largest absolute Gasteiger partial charge is 0.473 e. The van der Waals surface area contributed by atoms with Gasteiger partial charge in [-0.1, -0.05) is 0 Å². The Bertz CT molecular complexity index is 188. The average Bonchev–Trinajstić information content (AvgIpc) is 2.77. The van der Waals surface area contributed by atoms with Crippen LogP contribution in [-0.2, 0) is 0 Å². The van der Waals surface area contributed by atoms with Crippen LogP contribution in [0.4, 0.5) is 0 Å². The van der Waals surface area contributed by atoms with Gasteiger partial charge in [-0.25, -0.2) is 0 Å². The van der Waals surface area contributed by atoms with Crippen LogP contribution in [0.1, 0.15) is 19.3 Å². The van der Waals surface area contributed by atoms with Crippen molar-refractivity contribution in [2.75, 3.05) is 13.1 Å². The van der Waals surface area contributed by atoms with Crippen molar-refractivity contribution in [1.82, 2.24) is 5.01 Å². The maximum atomic E-state index is 9.84. The fourth-order valence-corrected chi connectivity index (χ4v) is 1.19. The van der Waals surface area contributed by atoms with Gasteiger partial charge in [0.1, 0.15) is 0 Å². The molecule has 1 aromatic rings. The lowest BCUT2D eigenvalue weighted by Gasteiger charge is -2.19. The SMILES string of the molecule is O=NN1CCCCC1.c1ccoc1. The van der Waals surface area contributed by atoms with Crippen molar-refractivity contribution in [2.45, 2.75) is 19.3 Å². The van der Waals surface area contributed by atoms with Gasteiger partial charge in [0.15, 0.2) is 0 Å². The molecule has 0 amide bonds. The Hall–Kier alpha value is -1.32. The van der Waals surface area contributed by atoms with Gasteiger partial charge in [0.25, 0.3) is 0 Å². The molecule has 13 heavy (non-hydrogen) atoms. The van der Waals surface area contributed by atoms with Gasteiger partial charge in [-0.15, -0.1) is 4.91 Å². The van der Waals surface area contributed by atoms with E-state index in [0.29, 0.717) is 0 Å².